The Bertz CT molecular complexity index is 764. The van der Waals surface area contributed by atoms with Crippen molar-refractivity contribution in [2.75, 3.05) is 25.6 Å². The largest absolute Gasteiger partial charge is 0.493 e. The van der Waals surface area contributed by atoms with Crippen LogP contribution in [0, 0.1) is 11.8 Å². The third-order valence-electron chi connectivity index (χ3n) is 5.16. The Balaban J connectivity index is 1.38. The highest BCUT2D eigenvalue weighted by Crippen LogP contribution is 2.42. The zero-order valence-corrected chi connectivity index (χ0v) is 16.0. The van der Waals surface area contributed by atoms with E-state index in [0.717, 1.165) is 32.1 Å². The minimum absolute atomic E-state index is 0.0949. The van der Waals surface area contributed by atoms with E-state index in [1.54, 1.807) is 11.8 Å². The molecule has 5 nitrogen and oxygen atoms in total. The van der Waals surface area contributed by atoms with Crippen molar-refractivity contribution in [3.8, 4) is 0 Å². The van der Waals surface area contributed by atoms with E-state index in [4.69, 9.17) is 9.47 Å². The highest BCUT2D eigenvalue weighted by Gasteiger charge is 2.45. The van der Waals surface area contributed by atoms with Gasteiger partial charge in [0.25, 0.3) is 5.91 Å². The van der Waals surface area contributed by atoms with Gasteiger partial charge in [0, 0.05) is 49.4 Å². The van der Waals surface area contributed by atoms with Gasteiger partial charge in [-0.3, -0.25) is 4.79 Å². The number of carbonyl (C=O) groups is 1. The number of amidine groups is 1. The third kappa shape index (κ3) is 4.51. The highest BCUT2D eigenvalue weighted by atomic mass is 32.2. The molecule has 0 N–H and O–H groups in total. The summed E-state index contributed by atoms with van der Waals surface area (Å²) >= 11 is 1.67. The van der Waals surface area contributed by atoms with Crippen molar-refractivity contribution >= 4 is 29.2 Å². The van der Waals surface area contributed by atoms with Crippen molar-refractivity contribution < 1.29 is 27.4 Å². The number of hydrogen-bond donors (Lipinski definition) is 0. The summed E-state index contributed by atoms with van der Waals surface area (Å²) in [6, 6.07) is 0. The van der Waals surface area contributed by atoms with E-state index in [2.05, 4.69) is 9.98 Å². The Morgan fingerprint density at radius 2 is 1.96 bits per heavy atom. The van der Waals surface area contributed by atoms with Gasteiger partial charge in [-0.05, 0) is 12.8 Å². The quantitative estimate of drug-likeness (QED) is 0.665. The lowest BCUT2D eigenvalue weighted by atomic mass is 9.82. The summed E-state index contributed by atoms with van der Waals surface area (Å²) in [5, 5.41) is 0.433. The molecule has 1 amide bonds. The Labute approximate surface area is 165 Å². The predicted molar refractivity (Wildman–Crippen MR) is 101 cm³/mol. The second-order valence-corrected chi connectivity index (χ2v) is 8.76. The predicted octanol–water partition coefficient (Wildman–Crippen LogP) is 3.71. The maximum absolute atomic E-state index is 14.4. The molecular formula is C19H21F3N2O3S. The monoisotopic (exact) mass is 414 g/mol. The van der Waals surface area contributed by atoms with E-state index in [9.17, 15) is 18.0 Å². The van der Waals surface area contributed by atoms with Crippen LogP contribution in [0.15, 0.2) is 33.7 Å². The molecule has 0 aromatic carbocycles. The van der Waals surface area contributed by atoms with Crippen molar-refractivity contribution in [2.45, 2.75) is 36.9 Å². The molecule has 0 bridgehead atoms. The summed E-state index contributed by atoms with van der Waals surface area (Å²) in [5.41, 5.74) is 0.261. The van der Waals surface area contributed by atoms with Gasteiger partial charge in [-0.25, -0.2) is 18.2 Å². The molecule has 2 aliphatic carbocycles. The van der Waals surface area contributed by atoms with Crippen LogP contribution in [0.1, 0.15) is 25.7 Å². The number of ether oxygens (including phenoxy) is 2. The third-order valence-corrected chi connectivity index (χ3v) is 6.53. The Morgan fingerprint density at radius 1 is 1.21 bits per heavy atom. The van der Waals surface area contributed by atoms with Gasteiger partial charge in [0.15, 0.2) is 0 Å². The molecule has 2 heterocycles. The van der Waals surface area contributed by atoms with Gasteiger partial charge >= 0.3 is 0 Å². The average Bonchev–Trinajstić information content (AvgIpc) is 2.63. The van der Waals surface area contributed by atoms with E-state index in [1.807, 2.05) is 0 Å². The molecule has 4 rings (SSSR count). The summed E-state index contributed by atoms with van der Waals surface area (Å²) in [7, 11) is 0. The number of fused-ring (bicyclic) bond motifs is 1. The van der Waals surface area contributed by atoms with E-state index in [-0.39, 0.29) is 36.8 Å². The molecule has 0 aromatic heterocycles. The lowest BCUT2D eigenvalue weighted by Crippen LogP contribution is -2.38. The Morgan fingerprint density at radius 3 is 2.68 bits per heavy atom. The van der Waals surface area contributed by atoms with E-state index < -0.39 is 23.6 Å². The summed E-state index contributed by atoms with van der Waals surface area (Å²) in [5.74, 6) is -4.20. The number of halogens is 3. The minimum Gasteiger partial charge on any atom is -0.493 e. The molecule has 152 valence electrons. The molecular weight excluding hydrogens is 393 g/mol. The molecule has 2 aliphatic heterocycles. The fourth-order valence-electron chi connectivity index (χ4n) is 3.64. The Kier molecular flexibility index (Phi) is 5.64. The first-order chi connectivity index (χ1) is 13.4. The topological polar surface area (TPSA) is 60.2 Å². The van der Waals surface area contributed by atoms with Crippen LogP contribution < -0.4 is 0 Å². The van der Waals surface area contributed by atoms with Crippen molar-refractivity contribution in [3.63, 3.8) is 0 Å². The number of aliphatic imine (C=N–C) groups is 2. The number of nitrogens with zero attached hydrogens (tertiary/aromatic N) is 2. The van der Waals surface area contributed by atoms with E-state index in [1.165, 1.54) is 6.08 Å². The summed E-state index contributed by atoms with van der Waals surface area (Å²) in [6.45, 7) is 1.55. The highest BCUT2D eigenvalue weighted by molar-refractivity contribution is 8.00. The molecule has 1 saturated heterocycles. The summed E-state index contributed by atoms with van der Waals surface area (Å²) in [6.07, 6.45) is 4.09. The smallest absolute Gasteiger partial charge is 0.263 e. The maximum Gasteiger partial charge on any atom is 0.263 e. The van der Waals surface area contributed by atoms with Crippen LogP contribution in [0.5, 0.6) is 0 Å². The van der Waals surface area contributed by atoms with Gasteiger partial charge in [0.1, 0.15) is 23.3 Å². The SMILES string of the molecule is O=C1N=C(CSC2CCOCC2)N=C2C=C(OCC3CC(F)(F)C3)C=C(F)C12. The van der Waals surface area contributed by atoms with Gasteiger partial charge in [-0.2, -0.15) is 16.8 Å². The Hall–Kier alpha value is -1.61. The normalized spacial score (nSPS) is 27.8. The first-order valence-electron chi connectivity index (χ1n) is 9.38. The minimum atomic E-state index is -2.62. The first-order valence-corrected chi connectivity index (χ1v) is 10.4. The zero-order valence-electron chi connectivity index (χ0n) is 15.2. The molecule has 0 radical (unpaired) electrons. The van der Waals surface area contributed by atoms with E-state index in [0.29, 0.717) is 16.8 Å². The van der Waals surface area contributed by atoms with Gasteiger partial charge in [-0.15, -0.1) is 0 Å². The molecule has 2 fully saturated rings. The fourth-order valence-corrected chi connectivity index (χ4v) is 4.68. The second-order valence-electron chi connectivity index (χ2n) is 7.48. The van der Waals surface area contributed by atoms with Crippen LogP contribution in [0.4, 0.5) is 13.2 Å². The van der Waals surface area contributed by atoms with Crippen LogP contribution in [0.3, 0.4) is 0 Å². The van der Waals surface area contributed by atoms with Crippen LogP contribution in [-0.4, -0.2) is 54.2 Å². The number of amides is 1. The molecule has 0 spiro atoms. The molecule has 9 heteroatoms. The van der Waals surface area contributed by atoms with E-state index >= 15 is 0 Å². The van der Waals surface area contributed by atoms with Gasteiger partial charge in [0.05, 0.1) is 18.1 Å². The van der Waals surface area contributed by atoms with Crippen molar-refractivity contribution in [1.29, 1.82) is 0 Å². The number of rotatable bonds is 6. The fraction of sp³-hybridized carbons (Fsp3) is 0.632. The summed E-state index contributed by atoms with van der Waals surface area (Å²) in [4.78, 5) is 20.6. The van der Waals surface area contributed by atoms with Gasteiger partial charge < -0.3 is 9.47 Å². The van der Waals surface area contributed by atoms with Crippen LogP contribution in [-0.2, 0) is 14.3 Å². The maximum atomic E-state index is 14.4. The second kappa shape index (κ2) is 8.02. The van der Waals surface area contributed by atoms with Crippen LogP contribution in [0.2, 0.25) is 0 Å². The standard InChI is InChI=1S/C19H21F3N2O3S/c20-14-5-12(27-9-11-7-19(21,22)8-11)6-15-17(14)18(25)24-16(23-15)10-28-13-1-3-26-4-2-13/h5-6,11,13,17H,1-4,7-10H2. The lowest BCUT2D eigenvalue weighted by Gasteiger charge is -2.34. The molecule has 0 aromatic rings. The van der Waals surface area contributed by atoms with Crippen LogP contribution >= 0.6 is 11.8 Å². The number of hydrogen-bond acceptors (Lipinski definition) is 5. The van der Waals surface area contributed by atoms with Gasteiger partial charge in [0.2, 0.25) is 5.92 Å². The number of thioether (sulfide) groups is 1. The van der Waals surface area contributed by atoms with Crippen LogP contribution in [0.25, 0.3) is 0 Å². The first kappa shape index (κ1) is 19.7. The molecule has 1 saturated carbocycles. The molecule has 1 unspecified atom stereocenters. The van der Waals surface area contributed by atoms with Crippen molar-refractivity contribution in [3.05, 3.63) is 23.7 Å². The number of alkyl halides is 2. The number of carbonyl (C=O) groups excluding carboxylic acids is 1. The number of allylic oxidation sites excluding steroid dienone is 2. The summed E-state index contributed by atoms with van der Waals surface area (Å²) < 4.78 is 51.0. The molecule has 1 atom stereocenters. The molecule has 4 aliphatic rings. The zero-order chi connectivity index (χ0) is 19.7. The lowest BCUT2D eigenvalue weighted by molar-refractivity contribution is -0.123. The molecule has 28 heavy (non-hydrogen) atoms. The van der Waals surface area contributed by atoms with Crippen molar-refractivity contribution in [1.82, 2.24) is 0 Å². The van der Waals surface area contributed by atoms with Crippen molar-refractivity contribution in [2.24, 2.45) is 21.8 Å². The van der Waals surface area contributed by atoms with Gasteiger partial charge in [-0.1, -0.05) is 0 Å². The average molecular weight is 414 g/mol.